The van der Waals surface area contributed by atoms with Crippen LogP contribution in [0.2, 0.25) is 0 Å². The molecule has 102 valence electrons. The Balaban J connectivity index is 1.51. The summed E-state index contributed by atoms with van der Waals surface area (Å²) < 4.78 is 5.56. The highest BCUT2D eigenvalue weighted by molar-refractivity contribution is 7.80. The standard InChI is InChI=1S/C15H20N2OS/c19-15(16-10-14-5-2-8-18-14)17-13-7-6-11-3-1-4-12(11)9-13/h6-7,9,14H,1-5,8,10H2,(H2,16,17,19)/t14-/m1/s1. The molecule has 1 atom stereocenters. The van der Waals surface area contributed by atoms with Crippen LogP contribution in [0.25, 0.3) is 0 Å². The van der Waals surface area contributed by atoms with Crippen LogP contribution in [0.4, 0.5) is 5.69 Å². The lowest BCUT2D eigenvalue weighted by molar-refractivity contribution is 0.114. The second-order valence-electron chi connectivity index (χ2n) is 5.31. The van der Waals surface area contributed by atoms with Crippen molar-refractivity contribution in [1.29, 1.82) is 0 Å². The van der Waals surface area contributed by atoms with Gasteiger partial charge in [-0.25, -0.2) is 0 Å². The fraction of sp³-hybridized carbons (Fsp3) is 0.533. The Kier molecular flexibility index (Phi) is 3.99. The average molecular weight is 276 g/mol. The maximum atomic E-state index is 5.56. The molecule has 1 aliphatic carbocycles. The van der Waals surface area contributed by atoms with Crippen LogP contribution in [0.1, 0.15) is 30.4 Å². The first kappa shape index (κ1) is 12.9. The van der Waals surface area contributed by atoms with E-state index in [0.717, 1.165) is 31.7 Å². The smallest absolute Gasteiger partial charge is 0.170 e. The number of fused-ring (bicyclic) bond motifs is 1. The predicted octanol–water partition coefficient (Wildman–Crippen LogP) is 2.64. The number of nitrogens with one attached hydrogen (secondary N) is 2. The van der Waals surface area contributed by atoms with Gasteiger partial charge in [0.25, 0.3) is 0 Å². The number of aryl methyl sites for hydroxylation is 2. The quantitative estimate of drug-likeness (QED) is 0.832. The van der Waals surface area contributed by atoms with Gasteiger partial charge in [-0.05, 0) is 67.6 Å². The van der Waals surface area contributed by atoms with E-state index in [1.54, 1.807) is 0 Å². The molecule has 0 unspecified atom stereocenters. The van der Waals surface area contributed by atoms with Crippen LogP contribution in [0.15, 0.2) is 18.2 Å². The van der Waals surface area contributed by atoms with Gasteiger partial charge >= 0.3 is 0 Å². The largest absolute Gasteiger partial charge is 0.376 e. The van der Waals surface area contributed by atoms with Crippen LogP contribution in [0, 0.1) is 0 Å². The number of ether oxygens (including phenoxy) is 1. The Labute approximate surface area is 119 Å². The number of anilines is 1. The molecule has 1 aromatic carbocycles. The fourth-order valence-electron chi connectivity index (χ4n) is 2.84. The molecule has 0 spiro atoms. The molecule has 0 bridgehead atoms. The summed E-state index contributed by atoms with van der Waals surface area (Å²) in [6, 6.07) is 6.56. The minimum Gasteiger partial charge on any atom is -0.376 e. The van der Waals surface area contributed by atoms with Crippen LogP contribution in [0.3, 0.4) is 0 Å². The second kappa shape index (κ2) is 5.88. The Morgan fingerprint density at radius 2 is 2.16 bits per heavy atom. The topological polar surface area (TPSA) is 33.3 Å². The van der Waals surface area contributed by atoms with E-state index in [0.29, 0.717) is 11.2 Å². The van der Waals surface area contributed by atoms with Crippen molar-refractivity contribution < 1.29 is 4.74 Å². The van der Waals surface area contributed by atoms with E-state index in [2.05, 4.69) is 28.8 Å². The fourth-order valence-corrected chi connectivity index (χ4v) is 3.04. The summed E-state index contributed by atoms with van der Waals surface area (Å²) in [6.45, 7) is 1.69. The molecule has 2 aliphatic rings. The van der Waals surface area contributed by atoms with Crippen molar-refractivity contribution in [2.24, 2.45) is 0 Å². The summed E-state index contributed by atoms with van der Waals surface area (Å²) in [6.07, 6.45) is 6.31. The summed E-state index contributed by atoms with van der Waals surface area (Å²) in [4.78, 5) is 0. The van der Waals surface area contributed by atoms with E-state index >= 15 is 0 Å². The molecule has 1 heterocycles. The van der Waals surface area contributed by atoms with Crippen LogP contribution in [0.5, 0.6) is 0 Å². The highest BCUT2D eigenvalue weighted by Gasteiger charge is 2.15. The van der Waals surface area contributed by atoms with Crippen molar-refractivity contribution in [2.75, 3.05) is 18.5 Å². The molecule has 4 heteroatoms. The van der Waals surface area contributed by atoms with E-state index in [9.17, 15) is 0 Å². The first-order chi connectivity index (χ1) is 9.31. The zero-order valence-electron chi connectivity index (χ0n) is 11.1. The number of benzene rings is 1. The highest BCUT2D eigenvalue weighted by Crippen LogP contribution is 2.24. The molecule has 19 heavy (non-hydrogen) atoms. The molecular weight excluding hydrogens is 256 g/mol. The van der Waals surface area contributed by atoms with Gasteiger partial charge in [0, 0.05) is 18.8 Å². The van der Waals surface area contributed by atoms with Gasteiger partial charge < -0.3 is 15.4 Å². The van der Waals surface area contributed by atoms with Gasteiger partial charge in [0.15, 0.2) is 5.11 Å². The van der Waals surface area contributed by atoms with Crippen molar-refractivity contribution in [3.8, 4) is 0 Å². The predicted molar refractivity (Wildman–Crippen MR) is 81.7 cm³/mol. The molecule has 1 saturated heterocycles. The third-order valence-corrected chi connectivity index (χ3v) is 4.12. The van der Waals surface area contributed by atoms with E-state index < -0.39 is 0 Å². The van der Waals surface area contributed by atoms with Crippen molar-refractivity contribution >= 4 is 23.0 Å². The summed E-state index contributed by atoms with van der Waals surface area (Å²) in [5.41, 5.74) is 4.04. The molecule has 1 aromatic rings. The third kappa shape index (κ3) is 3.25. The molecule has 3 rings (SSSR count). The summed E-state index contributed by atoms with van der Waals surface area (Å²) in [5.74, 6) is 0. The summed E-state index contributed by atoms with van der Waals surface area (Å²) in [5, 5.41) is 7.18. The van der Waals surface area contributed by atoms with Crippen molar-refractivity contribution in [1.82, 2.24) is 5.32 Å². The molecule has 0 aromatic heterocycles. The van der Waals surface area contributed by atoms with E-state index in [-0.39, 0.29) is 0 Å². The Hall–Kier alpha value is -1.13. The van der Waals surface area contributed by atoms with Gasteiger partial charge in [0.2, 0.25) is 0 Å². The summed E-state index contributed by atoms with van der Waals surface area (Å²) >= 11 is 5.32. The Morgan fingerprint density at radius 3 is 3.00 bits per heavy atom. The van der Waals surface area contributed by atoms with Crippen LogP contribution in [-0.2, 0) is 17.6 Å². The summed E-state index contributed by atoms with van der Waals surface area (Å²) in [7, 11) is 0. The van der Waals surface area contributed by atoms with E-state index in [4.69, 9.17) is 17.0 Å². The van der Waals surface area contributed by atoms with Crippen molar-refractivity contribution in [2.45, 2.75) is 38.2 Å². The molecule has 1 aliphatic heterocycles. The monoisotopic (exact) mass is 276 g/mol. The van der Waals surface area contributed by atoms with Gasteiger partial charge in [-0.2, -0.15) is 0 Å². The maximum absolute atomic E-state index is 5.56. The Bertz CT molecular complexity index is 469. The molecule has 1 fully saturated rings. The number of hydrogen-bond donors (Lipinski definition) is 2. The second-order valence-corrected chi connectivity index (χ2v) is 5.72. The van der Waals surface area contributed by atoms with Gasteiger partial charge in [0.05, 0.1) is 6.10 Å². The molecule has 0 saturated carbocycles. The highest BCUT2D eigenvalue weighted by atomic mass is 32.1. The molecule has 3 nitrogen and oxygen atoms in total. The minimum atomic E-state index is 0.319. The van der Waals surface area contributed by atoms with Crippen molar-refractivity contribution in [3.63, 3.8) is 0 Å². The van der Waals surface area contributed by atoms with Crippen LogP contribution in [-0.4, -0.2) is 24.4 Å². The van der Waals surface area contributed by atoms with Crippen LogP contribution >= 0.6 is 12.2 Å². The number of thiocarbonyl (C=S) groups is 1. The third-order valence-electron chi connectivity index (χ3n) is 3.87. The van der Waals surface area contributed by atoms with Gasteiger partial charge in [-0.3, -0.25) is 0 Å². The zero-order valence-corrected chi connectivity index (χ0v) is 11.9. The lowest BCUT2D eigenvalue weighted by atomic mass is 10.1. The van der Waals surface area contributed by atoms with Gasteiger partial charge in [0.1, 0.15) is 0 Å². The first-order valence-electron chi connectivity index (χ1n) is 7.09. The lowest BCUT2D eigenvalue weighted by Crippen LogP contribution is -2.34. The number of rotatable bonds is 3. The molecule has 0 radical (unpaired) electrons. The molecular formula is C15H20N2OS. The number of hydrogen-bond acceptors (Lipinski definition) is 2. The van der Waals surface area contributed by atoms with Crippen LogP contribution < -0.4 is 10.6 Å². The minimum absolute atomic E-state index is 0.319. The molecule has 0 amide bonds. The van der Waals surface area contributed by atoms with E-state index in [1.165, 1.54) is 30.4 Å². The van der Waals surface area contributed by atoms with Gasteiger partial charge in [-0.15, -0.1) is 0 Å². The van der Waals surface area contributed by atoms with Gasteiger partial charge in [-0.1, -0.05) is 6.07 Å². The SMILES string of the molecule is S=C(NC[C@H]1CCCO1)Nc1ccc2c(c1)CCC2. The lowest BCUT2D eigenvalue weighted by Gasteiger charge is -2.14. The maximum Gasteiger partial charge on any atom is 0.170 e. The zero-order chi connectivity index (χ0) is 13.1. The van der Waals surface area contributed by atoms with Crippen molar-refractivity contribution in [3.05, 3.63) is 29.3 Å². The molecule has 2 N–H and O–H groups in total. The normalized spacial score (nSPS) is 21.2. The first-order valence-corrected chi connectivity index (χ1v) is 7.50. The Morgan fingerprint density at radius 1 is 1.26 bits per heavy atom. The average Bonchev–Trinajstić information content (AvgIpc) is 3.07. The van der Waals surface area contributed by atoms with E-state index in [1.807, 2.05) is 0 Å².